The summed E-state index contributed by atoms with van der Waals surface area (Å²) in [5.74, 6) is -1.20. The Balaban J connectivity index is 0.000000166. The molecule has 0 radical (unpaired) electrons. The van der Waals surface area contributed by atoms with Gasteiger partial charge in [-0.05, 0) is 176 Å². The van der Waals surface area contributed by atoms with Crippen molar-refractivity contribution in [3.63, 3.8) is 0 Å². The van der Waals surface area contributed by atoms with Gasteiger partial charge in [0, 0.05) is 16.9 Å². The van der Waals surface area contributed by atoms with E-state index >= 15 is 0 Å². The lowest BCUT2D eigenvalue weighted by Gasteiger charge is -2.47. The van der Waals surface area contributed by atoms with Gasteiger partial charge in [-0.1, -0.05) is 44.6 Å². The maximum atomic E-state index is 13.3. The van der Waals surface area contributed by atoms with E-state index in [0.717, 1.165) is 90.8 Å². The Morgan fingerprint density at radius 3 is 1.57 bits per heavy atom. The van der Waals surface area contributed by atoms with Crippen molar-refractivity contribution in [1.29, 1.82) is 0 Å². The van der Waals surface area contributed by atoms with Crippen molar-refractivity contribution >= 4 is 17.9 Å². The normalized spacial score (nSPS) is 23.0. The molecule has 5 atom stereocenters. The highest BCUT2D eigenvalue weighted by atomic mass is 19.1. The van der Waals surface area contributed by atoms with E-state index in [9.17, 15) is 27.5 Å². The molecular weight excluding hydrogens is 777 g/mol. The summed E-state index contributed by atoms with van der Waals surface area (Å²) in [6.07, 6.45) is 14.6. The van der Waals surface area contributed by atoms with Gasteiger partial charge in [0.05, 0.1) is 41.3 Å². The molecule has 0 saturated heterocycles. The molecule has 2 saturated carbocycles. The smallest absolute Gasteiger partial charge is 0.166 e. The monoisotopic (exact) mass is 826 g/mol. The number of benzene rings is 4. The van der Waals surface area contributed by atoms with Crippen molar-refractivity contribution in [1.82, 2.24) is 19.6 Å². The second-order valence-corrected chi connectivity index (χ2v) is 17.2. The number of nitrogens with zero attached hydrogens (tertiary/aromatic N) is 4. The number of carbonyl (C=O) groups excluding carboxylic acids is 1. The molecule has 314 valence electrons. The maximum absolute atomic E-state index is 13.3. The van der Waals surface area contributed by atoms with Crippen LogP contribution in [0.2, 0.25) is 0 Å². The minimum absolute atomic E-state index is 0. The summed E-state index contributed by atoms with van der Waals surface area (Å²) in [6, 6.07) is 24.7. The summed E-state index contributed by atoms with van der Waals surface area (Å²) in [5, 5.41) is 20.3. The van der Waals surface area contributed by atoms with Crippen LogP contribution in [0.1, 0.15) is 104 Å². The maximum Gasteiger partial charge on any atom is 0.166 e. The van der Waals surface area contributed by atoms with Gasteiger partial charge in [-0.3, -0.25) is 4.79 Å². The lowest BCUT2D eigenvalue weighted by atomic mass is 9.57. The number of aliphatic hydroxyl groups is 1. The largest absolute Gasteiger partial charge is 0.388 e. The van der Waals surface area contributed by atoms with Gasteiger partial charge in [-0.2, -0.15) is 10.2 Å². The molecule has 2 heterocycles. The minimum Gasteiger partial charge on any atom is -0.388 e. The molecule has 10 heteroatoms. The average molecular weight is 827 g/mol. The van der Waals surface area contributed by atoms with Crippen LogP contribution >= 0.6 is 0 Å². The van der Waals surface area contributed by atoms with Crippen LogP contribution in [0, 0.1) is 45.9 Å². The third-order valence-corrected chi connectivity index (χ3v) is 13.6. The van der Waals surface area contributed by atoms with Gasteiger partial charge in [0.2, 0.25) is 0 Å². The van der Waals surface area contributed by atoms with Crippen LogP contribution in [0.4, 0.5) is 17.6 Å². The van der Waals surface area contributed by atoms with E-state index in [-0.39, 0.29) is 59.1 Å². The van der Waals surface area contributed by atoms with Crippen molar-refractivity contribution < 1.29 is 27.5 Å². The number of hydrogen-bond acceptors (Lipinski definition) is 4. The summed E-state index contributed by atoms with van der Waals surface area (Å²) >= 11 is 0. The van der Waals surface area contributed by atoms with Crippen LogP contribution in [0.25, 0.3) is 23.5 Å². The fourth-order valence-corrected chi connectivity index (χ4v) is 10.3. The summed E-state index contributed by atoms with van der Waals surface area (Å²) in [5.41, 5.74) is 9.33. The lowest BCUT2D eigenvalue weighted by Crippen LogP contribution is -2.41. The molecule has 6 nitrogen and oxygen atoms in total. The third kappa shape index (κ3) is 7.71. The van der Waals surface area contributed by atoms with Crippen LogP contribution in [0.5, 0.6) is 0 Å². The average Bonchev–Trinajstić information content (AvgIpc) is 3.85. The molecule has 4 aliphatic carbocycles. The topological polar surface area (TPSA) is 72.9 Å². The van der Waals surface area contributed by atoms with E-state index in [1.165, 1.54) is 59.7 Å². The van der Waals surface area contributed by atoms with Crippen molar-refractivity contribution in [2.45, 2.75) is 78.7 Å². The fourth-order valence-electron chi connectivity index (χ4n) is 10.3. The highest BCUT2D eigenvalue weighted by Crippen LogP contribution is 2.55. The highest BCUT2D eigenvalue weighted by Gasteiger charge is 2.48. The molecular formula is C51H50F4N4O2. The summed E-state index contributed by atoms with van der Waals surface area (Å²) in [4.78, 5) is 13.3. The van der Waals surface area contributed by atoms with Crippen molar-refractivity contribution in [3.8, 4) is 11.4 Å². The van der Waals surface area contributed by atoms with Gasteiger partial charge >= 0.3 is 0 Å². The lowest BCUT2D eigenvalue weighted by molar-refractivity contribution is 0.0216. The number of aromatic nitrogens is 4. The van der Waals surface area contributed by atoms with E-state index in [1.54, 1.807) is 48.5 Å². The Kier molecular flexibility index (Phi) is 11.3. The Morgan fingerprint density at radius 2 is 1.07 bits per heavy atom. The van der Waals surface area contributed by atoms with Gasteiger partial charge in [0.15, 0.2) is 5.78 Å². The van der Waals surface area contributed by atoms with E-state index in [0.29, 0.717) is 5.56 Å². The predicted molar refractivity (Wildman–Crippen MR) is 230 cm³/mol. The van der Waals surface area contributed by atoms with E-state index in [1.807, 2.05) is 21.8 Å². The molecule has 2 fully saturated rings. The number of carbonyl (C=O) groups is 1. The molecule has 4 aliphatic rings. The highest BCUT2D eigenvalue weighted by molar-refractivity contribution is 5.99. The number of hydrogen-bond donors (Lipinski definition) is 1. The molecule has 10 rings (SSSR count). The van der Waals surface area contributed by atoms with Crippen LogP contribution in [-0.4, -0.2) is 30.5 Å². The fraction of sp³-hybridized carbons (Fsp3) is 0.314. The predicted octanol–water partition coefficient (Wildman–Crippen LogP) is 12.0. The van der Waals surface area contributed by atoms with E-state index in [4.69, 9.17) is 0 Å². The first-order valence-electron chi connectivity index (χ1n) is 20.7. The second kappa shape index (κ2) is 16.5. The van der Waals surface area contributed by atoms with Crippen LogP contribution < -0.4 is 0 Å². The molecule has 0 spiro atoms. The molecule has 61 heavy (non-hydrogen) atoms. The molecule has 2 aromatic heterocycles. The van der Waals surface area contributed by atoms with E-state index < -0.39 is 6.10 Å². The zero-order valence-corrected chi connectivity index (χ0v) is 33.6. The Labute approximate surface area is 354 Å². The first kappa shape index (κ1) is 41.8. The number of aliphatic hydroxyl groups excluding tert-OH is 1. The first-order chi connectivity index (χ1) is 28.9. The first-order valence-corrected chi connectivity index (χ1v) is 20.7. The summed E-state index contributed by atoms with van der Waals surface area (Å²) in [7, 11) is 0. The van der Waals surface area contributed by atoms with Gasteiger partial charge in [0.1, 0.15) is 23.3 Å². The quantitative estimate of drug-likeness (QED) is 0.134. The molecule has 0 aliphatic heterocycles. The number of allylic oxidation sites excluding steroid dienone is 2. The van der Waals surface area contributed by atoms with Crippen molar-refractivity contribution in [3.05, 3.63) is 178 Å². The van der Waals surface area contributed by atoms with E-state index in [2.05, 4.69) is 36.2 Å². The number of Topliss-reactive ketones (excluding diaryl/α,β-unsaturated/α-hetero) is 1. The molecule has 0 amide bonds. The molecule has 0 unspecified atom stereocenters. The molecule has 6 aromatic rings. The number of fused-ring (bicyclic) bond motifs is 4. The van der Waals surface area contributed by atoms with Crippen LogP contribution in [-0.2, 0) is 12.8 Å². The standard InChI is InChI=1S/C25H24F2N2O.C25H22F2N2O.CH4/c2*1-25-14-17-15-28-29(21-11-9-20(27)10-12-21)23(17)13-18(25)3-2-4-22(25)24(30)16-5-7-19(26)8-6-16;/h5-13,15,22,24,30H,2-4,14H2,1H3;5-13,15,22H,2-4,14H2,1H3;1H4/t22-,24+,25+;22-,25+;/m11./s1. The van der Waals surface area contributed by atoms with Crippen molar-refractivity contribution in [2.75, 3.05) is 0 Å². The second-order valence-electron chi connectivity index (χ2n) is 17.2. The molecule has 4 aromatic carbocycles. The number of halogens is 4. The minimum atomic E-state index is -0.645. The summed E-state index contributed by atoms with van der Waals surface area (Å²) < 4.78 is 57.0. The third-order valence-electron chi connectivity index (χ3n) is 13.6. The molecule has 1 N–H and O–H groups in total. The van der Waals surface area contributed by atoms with Crippen molar-refractivity contribution in [2.24, 2.45) is 22.7 Å². The number of rotatable bonds is 6. The van der Waals surface area contributed by atoms with Gasteiger partial charge in [0.25, 0.3) is 0 Å². The molecule has 0 bridgehead atoms. The number of ketones is 1. The van der Waals surface area contributed by atoms with Crippen LogP contribution in [0.15, 0.2) is 121 Å². The van der Waals surface area contributed by atoms with Gasteiger partial charge < -0.3 is 5.11 Å². The Bertz CT molecular complexity index is 2610. The SMILES string of the molecule is C.C[C@]12Cc3cnn(-c4ccc(F)cc4)c3C=C1CCC[C@@H]2C(=O)c1ccc(F)cc1.C[C@]12Cc3cnn(-c4ccc(F)cc4)c3C=C1CCC[C@@H]2[C@@H](O)c1ccc(F)cc1. The summed E-state index contributed by atoms with van der Waals surface area (Å²) in [6.45, 7) is 4.40. The van der Waals surface area contributed by atoms with Gasteiger partial charge in [-0.15, -0.1) is 0 Å². The van der Waals surface area contributed by atoms with Gasteiger partial charge in [-0.25, -0.2) is 26.9 Å². The Hall–Kier alpha value is -5.87. The Morgan fingerprint density at radius 1 is 0.639 bits per heavy atom. The van der Waals surface area contributed by atoms with Crippen LogP contribution in [0.3, 0.4) is 0 Å². The zero-order valence-electron chi connectivity index (χ0n) is 33.6. The zero-order chi connectivity index (χ0) is 41.8.